The van der Waals surface area contributed by atoms with Crippen molar-refractivity contribution in [3.05, 3.63) is 39.4 Å². The number of hydrogen-bond donors (Lipinski definition) is 1. The molecule has 1 aromatic carbocycles. The van der Waals surface area contributed by atoms with Gasteiger partial charge in [-0.2, -0.15) is 4.39 Å². The number of benzene rings is 1. The molecular weight excluding hydrogens is 230 g/mol. The van der Waals surface area contributed by atoms with E-state index in [1.807, 2.05) is 13.8 Å². The molecule has 2 N–H and O–H groups in total. The van der Waals surface area contributed by atoms with Crippen LogP contribution in [0.15, 0.2) is 12.1 Å². The van der Waals surface area contributed by atoms with Crippen LogP contribution in [0.3, 0.4) is 0 Å². The lowest BCUT2D eigenvalue weighted by Crippen LogP contribution is -2.27. The molecule has 4 nitrogen and oxygen atoms in total. The molecule has 0 bridgehead atoms. The van der Waals surface area contributed by atoms with Crippen LogP contribution in [0.5, 0.6) is 0 Å². The van der Waals surface area contributed by atoms with Crippen molar-refractivity contribution in [1.29, 1.82) is 0 Å². The van der Waals surface area contributed by atoms with Crippen LogP contribution >= 0.6 is 0 Å². The second-order valence-electron chi connectivity index (χ2n) is 5.07. The summed E-state index contributed by atoms with van der Waals surface area (Å²) in [5, 5.41) is 10.4. The topological polar surface area (TPSA) is 69.2 Å². The van der Waals surface area contributed by atoms with Gasteiger partial charge < -0.3 is 5.73 Å². The summed E-state index contributed by atoms with van der Waals surface area (Å²) < 4.78 is 27.1. The molecule has 1 saturated carbocycles. The maximum atomic E-state index is 13.7. The summed E-state index contributed by atoms with van der Waals surface area (Å²) in [5.41, 5.74) is 3.84. The number of nitro groups is 1. The Labute approximate surface area is 96.6 Å². The molecule has 2 rings (SSSR count). The van der Waals surface area contributed by atoms with Gasteiger partial charge in [0, 0.05) is 11.1 Å². The number of halogens is 2. The predicted octanol–water partition coefficient (Wildman–Crippen LogP) is 2.46. The standard InChI is InChI=1S/C11H12F2N2O2/c1-10(2)5-11(10,14)6-3-8(13)9(15(16)17)4-7(6)12/h3-4H,5,14H2,1-2H3. The minimum absolute atomic E-state index is 0.00519. The fourth-order valence-corrected chi connectivity index (χ4v) is 2.13. The lowest BCUT2D eigenvalue weighted by atomic mass is 9.96. The highest BCUT2D eigenvalue weighted by molar-refractivity contribution is 5.43. The van der Waals surface area contributed by atoms with Gasteiger partial charge in [-0.25, -0.2) is 4.39 Å². The Balaban J connectivity index is 2.53. The molecule has 0 saturated heterocycles. The van der Waals surface area contributed by atoms with E-state index in [9.17, 15) is 18.9 Å². The maximum Gasteiger partial charge on any atom is 0.307 e. The van der Waals surface area contributed by atoms with E-state index in [0.717, 1.165) is 6.07 Å². The first-order valence-corrected chi connectivity index (χ1v) is 5.12. The molecule has 1 atom stereocenters. The van der Waals surface area contributed by atoms with Gasteiger partial charge >= 0.3 is 5.69 Å². The monoisotopic (exact) mass is 242 g/mol. The minimum atomic E-state index is -1.06. The normalized spacial score (nSPS) is 25.7. The lowest BCUT2D eigenvalue weighted by Gasteiger charge is -2.16. The van der Waals surface area contributed by atoms with Crippen LogP contribution in [0.25, 0.3) is 0 Å². The van der Waals surface area contributed by atoms with Crippen LogP contribution < -0.4 is 5.73 Å². The van der Waals surface area contributed by atoms with Gasteiger partial charge in [0.05, 0.1) is 11.0 Å². The zero-order valence-electron chi connectivity index (χ0n) is 9.46. The fraction of sp³-hybridized carbons (Fsp3) is 0.455. The molecule has 1 fully saturated rings. The SMILES string of the molecule is CC1(C)CC1(N)c1cc(F)c([N+](=O)[O-])cc1F. The number of nitro benzene ring substituents is 1. The zero-order chi connectivity index (χ0) is 13.0. The number of nitrogens with zero attached hydrogens (tertiary/aromatic N) is 1. The molecule has 0 heterocycles. The maximum absolute atomic E-state index is 13.7. The fourth-order valence-electron chi connectivity index (χ4n) is 2.13. The highest BCUT2D eigenvalue weighted by Gasteiger charge is 2.60. The Morgan fingerprint density at radius 1 is 1.35 bits per heavy atom. The third-order valence-corrected chi connectivity index (χ3v) is 3.52. The number of nitrogens with two attached hydrogens (primary N) is 1. The van der Waals surface area contributed by atoms with Crippen molar-refractivity contribution in [2.24, 2.45) is 11.1 Å². The van der Waals surface area contributed by atoms with Gasteiger partial charge in [-0.05, 0) is 17.9 Å². The minimum Gasteiger partial charge on any atom is -0.321 e. The Morgan fingerprint density at radius 3 is 2.29 bits per heavy atom. The van der Waals surface area contributed by atoms with Crippen LogP contribution in [-0.4, -0.2) is 4.92 Å². The zero-order valence-corrected chi connectivity index (χ0v) is 9.46. The summed E-state index contributed by atoms with van der Waals surface area (Å²) in [7, 11) is 0. The van der Waals surface area contributed by atoms with E-state index < -0.39 is 27.8 Å². The average molecular weight is 242 g/mol. The summed E-state index contributed by atoms with van der Waals surface area (Å²) in [6.45, 7) is 3.68. The Hall–Kier alpha value is -1.56. The highest BCUT2D eigenvalue weighted by atomic mass is 19.1. The summed E-state index contributed by atoms with van der Waals surface area (Å²) in [6, 6.07) is 1.43. The van der Waals surface area contributed by atoms with Gasteiger partial charge in [0.1, 0.15) is 5.82 Å². The summed E-state index contributed by atoms with van der Waals surface area (Å²) >= 11 is 0. The number of hydrogen-bond acceptors (Lipinski definition) is 3. The Kier molecular flexibility index (Phi) is 2.26. The van der Waals surface area contributed by atoms with Crippen LogP contribution in [0.4, 0.5) is 14.5 Å². The molecular formula is C11H12F2N2O2. The molecule has 1 aliphatic carbocycles. The Bertz CT molecular complexity index is 516. The van der Waals surface area contributed by atoms with Crippen molar-refractivity contribution < 1.29 is 13.7 Å². The van der Waals surface area contributed by atoms with Crippen molar-refractivity contribution in [2.45, 2.75) is 25.8 Å². The van der Waals surface area contributed by atoms with Gasteiger partial charge in [-0.1, -0.05) is 13.8 Å². The molecule has 6 heteroatoms. The first-order valence-electron chi connectivity index (χ1n) is 5.12. The van der Waals surface area contributed by atoms with Gasteiger partial charge in [-0.15, -0.1) is 0 Å². The average Bonchev–Trinajstić information content (AvgIpc) is 2.70. The van der Waals surface area contributed by atoms with Gasteiger partial charge in [0.15, 0.2) is 0 Å². The van der Waals surface area contributed by atoms with E-state index in [4.69, 9.17) is 5.73 Å². The summed E-state index contributed by atoms with van der Waals surface area (Å²) in [4.78, 5) is 9.49. The van der Waals surface area contributed by atoms with Gasteiger partial charge in [-0.3, -0.25) is 10.1 Å². The molecule has 17 heavy (non-hydrogen) atoms. The first-order chi connectivity index (χ1) is 7.69. The van der Waals surface area contributed by atoms with Crippen LogP contribution in [0.1, 0.15) is 25.8 Å². The van der Waals surface area contributed by atoms with E-state index in [0.29, 0.717) is 12.5 Å². The van der Waals surface area contributed by atoms with E-state index >= 15 is 0 Å². The van der Waals surface area contributed by atoms with Crippen LogP contribution in [0.2, 0.25) is 0 Å². The molecule has 0 spiro atoms. The molecule has 0 aliphatic heterocycles. The third kappa shape index (κ3) is 1.59. The first kappa shape index (κ1) is 11.9. The van der Waals surface area contributed by atoms with Crippen LogP contribution in [0, 0.1) is 27.2 Å². The molecule has 0 radical (unpaired) electrons. The highest BCUT2D eigenvalue weighted by Crippen LogP contribution is 2.60. The quantitative estimate of drug-likeness (QED) is 0.639. The van der Waals surface area contributed by atoms with Crippen molar-refractivity contribution in [1.82, 2.24) is 0 Å². The molecule has 0 aromatic heterocycles. The largest absolute Gasteiger partial charge is 0.321 e. The second-order valence-corrected chi connectivity index (χ2v) is 5.07. The van der Waals surface area contributed by atoms with E-state index in [1.54, 1.807) is 0 Å². The van der Waals surface area contributed by atoms with Crippen molar-refractivity contribution in [3.63, 3.8) is 0 Å². The lowest BCUT2D eigenvalue weighted by molar-refractivity contribution is -0.387. The Morgan fingerprint density at radius 2 is 1.88 bits per heavy atom. The van der Waals surface area contributed by atoms with Gasteiger partial charge in [0.25, 0.3) is 0 Å². The van der Waals surface area contributed by atoms with Crippen LogP contribution in [-0.2, 0) is 5.54 Å². The van der Waals surface area contributed by atoms with E-state index in [2.05, 4.69) is 0 Å². The van der Waals surface area contributed by atoms with E-state index in [1.165, 1.54) is 0 Å². The van der Waals surface area contributed by atoms with E-state index in [-0.39, 0.29) is 11.0 Å². The van der Waals surface area contributed by atoms with Crippen molar-refractivity contribution >= 4 is 5.69 Å². The predicted molar refractivity (Wildman–Crippen MR) is 57.3 cm³/mol. The summed E-state index contributed by atoms with van der Waals surface area (Å²) in [5.74, 6) is -1.88. The molecule has 1 unspecified atom stereocenters. The van der Waals surface area contributed by atoms with Crippen molar-refractivity contribution in [2.75, 3.05) is 0 Å². The van der Waals surface area contributed by atoms with Crippen molar-refractivity contribution in [3.8, 4) is 0 Å². The molecule has 1 aromatic rings. The number of rotatable bonds is 2. The summed E-state index contributed by atoms with van der Waals surface area (Å²) in [6.07, 6.45) is 0.522. The second kappa shape index (κ2) is 3.22. The molecule has 0 amide bonds. The molecule has 92 valence electrons. The van der Waals surface area contributed by atoms with Gasteiger partial charge in [0.2, 0.25) is 5.82 Å². The smallest absolute Gasteiger partial charge is 0.307 e. The third-order valence-electron chi connectivity index (χ3n) is 3.52. The molecule has 1 aliphatic rings.